The lowest BCUT2D eigenvalue weighted by Crippen LogP contribution is -2.33. The summed E-state index contributed by atoms with van der Waals surface area (Å²) in [6.07, 6.45) is 3.95. The number of ether oxygens (including phenoxy) is 2. The predicted molar refractivity (Wildman–Crippen MR) is 175 cm³/mol. The first kappa shape index (κ1) is 32.0. The Morgan fingerprint density at radius 1 is 0.750 bits per heavy atom. The maximum absolute atomic E-state index is 13.2. The van der Waals surface area contributed by atoms with Gasteiger partial charge in [-0.15, -0.1) is 0 Å². The van der Waals surface area contributed by atoms with Crippen molar-refractivity contribution in [2.24, 2.45) is 0 Å². The van der Waals surface area contributed by atoms with E-state index in [0.717, 1.165) is 30.5 Å². The van der Waals surface area contributed by atoms with Gasteiger partial charge in [-0.3, -0.25) is 9.59 Å². The van der Waals surface area contributed by atoms with Gasteiger partial charge in [0, 0.05) is 47.5 Å². The molecule has 1 unspecified atom stereocenters. The Labute approximate surface area is 259 Å². The summed E-state index contributed by atoms with van der Waals surface area (Å²) >= 11 is 0. The van der Waals surface area contributed by atoms with E-state index in [1.807, 2.05) is 72.8 Å². The largest absolute Gasteiger partial charge is 0.492 e. The van der Waals surface area contributed by atoms with Crippen LogP contribution in [0.15, 0.2) is 103 Å². The average Bonchev–Trinajstić information content (AvgIpc) is 3.07. The highest BCUT2D eigenvalue weighted by Crippen LogP contribution is 2.23. The molecule has 4 rings (SSSR count). The van der Waals surface area contributed by atoms with Gasteiger partial charge < -0.3 is 20.1 Å². The maximum atomic E-state index is 13.2. The van der Waals surface area contributed by atoms with E-state index in [1.165, 1.54) is 7.11 Å². The minimum Gasteiger partial charge on any atom is -0.492 e. The zero-order valence-electron chi connectivity index (χ0n) is 25.4. The van der Waals surface area contributed by atoms with E-state index in [0.29, 0.717) is 54.1 Å². The summed E-state index contributed by atoms with van der Waals surface area (Å²) in [5, 5.41) is 6.56. The number of methoxy groups -OCH3 is 1. The molecule has 7 heteroatoms. The topological polar surface area (TPSA) is 93.7 Å². The number of nitrogens with one attached hydrogen (secondary N) is 2. The molecule has 2 N–H and O–H groups in total. The molecule has 0 aliphatic rings. The fourth-order valence-corrected chi connectivity index (χ4v) is 4.94. The van der Waals surface area contributed by atoms with Crippen LogP contribution in [-0.2, 0) is 16.0 Å². The third-order valence-corrected chi connectivity index (χ3v) is 7.31. The third-order valence-electron chi connectivity index (χ3n) is 7.31. The second-order valence-electron chi connectivity index (χ2n) is 10.5. The zero-order chi connectivity index (χ0) is 31.1. The van der Waals surface area contributed by atoms with Crippen LogP contribution in [0.1, 0.15) is 64.4 Å². The van der Waals surface area contributed by atoms with E-state index >= 15 is 0 Å². The summed E-state index contributed by atoms with van der Waals surface area (Å²) < 4.78 is 11.0. The molecular weight excluding hydrogens is 552 g/mol. The van der Waals surface area contributed by atoms with Crippen LogP contribution in [0.5, 0.6) is 5.75 Å². The highest BCUT2D eigenvalue weighted by atomic mass is 16.5. The van der Waals surface area contributed by atoms with Crippen LogP contribution >= 0.6 is 0 Å². The molecule has 0 aliphatic heterocycles. The Morgan fingerprint density at radius 3 is 2.11 bits per heavy atom. The number of benzene rings is 4. The Balaban J connectivity index is 1.33. The summed E-state index contributed by atoms with van der Waals surface area (Å²) in [7, 11) is 1.35. The normalized spacial score (nSPS) is 11.3. The van der Waals surface area contributed by atoms with Crippen molar-refractivity contribution in [2.75, 3.05) is 30.9 Å². The van der Waals surface area contributed by atoms with Gasteiger partial charge in [-0.05, 0) is 48.4 Å². The number of unbranched alkanes of at least 4 members (excludes halogenated alkanes) is 2. The standard InChI is InChI=1S/C37H40N2O5/c1-3-4-6-19-35(40)30-15-9-11-17-32(30)38-24-25-44-29-22-20-27(21-23-29)26-34(37(42)43-2)39-33-18-12-10-16-31(33)36(41)28-13-7-5-8-14-28/h5,7-18,20-23,34,38-39H,3-4,6,19,24-26H2,1-2H3. The van der Waals surface area contributed by atoms with Gasteiger partial charge in [-0.1, -0.05) is 86.5 Å². The quantitative estimate of drug-likeness (QED) is 0.0751. The van der Waals surface area contributed by atoms with Crippen molar-refractivity contribution >= 4 is 28.9 Å². The highest BCUT2D eigenvalue weighted by Gasteiger charge is 2.22. The van der Waals surface area contributed by atoms with Crippen LogP contribution in [0.2, 0.25) is 0 Å². The van der Waals surface area contributed by atoms with Crippen LogP contribution in [0.25, 0.3) is 0 Å². The van der Waals surface area contributed by atoms with E-state index in [-0.39, 0.29) is 11.6 Å². The van der Waals surface area contributed by atoms with E-state index in [4.69, 9.17) is 9.47 Å². The summed E-state index contributed by atoms with van der Waals surface area (Å²) in [6, 6.07) is 30.6. The summed E-state index contributed by atoms with van der Waals surface area (Å²) in [5.74, 6) is 0.294. The molecule has 0 saturated heterocycles. The Hall–Kier alpha value is -4.91. The molecule has 0 radical (unpaired) electrons. The van der Waals surface area contributed by atoms with Gasteiger partial charge in [-0.25, -0.2) is 4.79 Å². The van der Waals surface area contributed by atoms with E-state index in [9.17, 15) is 14.4 Å². The van der Waals surface area contributed by atoms with Crippen LogP contribution < -0.4 is 15.4 Å². The SMILES string of the molecule is CCCCCC(=O)c1ccccc1NCCOc1ccc(CC(Nc2ccccc2C(=O)c2ccccc2)C(=O)OC)cc1. The molecule has 44 heavy (non-hydrogen) atoms. The van der Waals surface area contributed by atoms with Crippen LogP contribution in [-0.4, -0.2) is 43.8 Å². The number of carbonyl (C=O) groups is 3. The van der Waals surface area contributed by atoms with Crippen molar-refractivity contribution in [1.82, 2.24) is 0 Å². The van der Waals surface area contributed by atoms with E-state index in [2.05, 4.69) is 17.6 Å². The molecule has 1 atom stereocenters. The zero-order valence-corrected chi connectivity index (χ0v) is 25.4. The molecule has 4 aromatic carbocycles. The van der Waals surface area contributed by atoms with Crippen LogP contribution in [0, 0.1) is 0 Å². The smallest absolute Gasteiger partial charge is 0.328 e. The molecule has 0 spiro atoms. The maximum Gasteiger partial charge on any atom is 0.328 e. The van der Waals surface area contributed by atoms with Gasteiger partial charge in [0.25, 0.3) is 0 Å². The molecule has 4 aromatic rings. The fraction of sp³-hybridized carbons (Fsp3) is 0.270. The third kappa shape index (κ3) is 9.04. The molecule has 0 fully saturated rings. The van der Waals surface area contributed by atoms with E-state index in [1.54, 1.807) is 30.3 Å². The Kier molecular flexibility index (Phi) is 12.1. The summed E-state index contributed by atoms with van der Waals surface area (Å²) in [5.41, 5.74) is 4.06. The molecule has 0 aliphatic carbocycles. The predicted octanol–water partition coefficient (Wildman–Crippen LogP) is 7.37. The van der Waals surface area contributed by atoms with Gasteiger partial charge in [0.05, 0.1) is 7.11 Å². The summed E-state index contributed by atoms with van der Waals surface area (Å²) in [4.78, 5) is 38.6. The van der Waals surface area contributed by atoms with Crippen molar-refractivity contribution in [3.05, 3.63) is 125 Å². The first-order chi connectivity index (χ1) is 21.5. The van der Waals surface area contributed by atoms with Crippen molar-refractivity contribution in [3.8, 4) is 5.75 Å². The van der Waals surface area contributed by atoms with Crippen molar-refractivity contribution < 1.29 is 23.9 Å². The van der Waals surface area contributed by atoms with Gasteiger partial charge in [0.15, 0.2) is 11.6 Å². The highest BCUT2D eigenvalue weighted by molar-refractivity contribution is 6.12. The number of para-hydroxylation sites is 2. The Morgan fingerprint density at radius 2 is 1.41 bits per heavy atom. The molecule has 0 bridgehead atoms. The second-order valence-corrected chi connectivity index (χ2v) is 10.5. The second kappa shape index (κ2) is 16.7. The van der Waals surface area contributed by atoms with Gasteiger partial charge in [0.2, 0.25) is 0 Å². The molecule has 0 amide bonds. The van der Waals surface area contributed by atoms with Crippen molar-refractivity contribution in [1.29, 1.82) is 0 Å². The Bertz CT molecular complexity index is 1520. The lowest BCUT2D eigenvalue weighted by molar-refractivity contribution is -0.141. The van der Waals surface area contributed by atoms with Gasteiger partial charge in [-0.2, -0.15) is 0 Å². The molecule has 0 aromatic heterocycles. The number of rotatable bonds is 17. The van der Waals surface area contributed by atoms with Crippen molar-refractivity contribution in [3.63, 3.8) is 0 Å². The van der Waals surface area contributed by atoms with Crippen LogP contribution in [0.3, 0.4) is 0 Å². The monoisotopic (exact) mass is 592 g/mol. The minimum absolute atomic E-state index is 0.129. The number of esters is 1. The van der Waals surface area contributed by atoms with Gasteiger partial charge >= 0.3 is 5.97 Å². The first-order valence-electron chi connectivity index (χ1n) is 15.1. The molecule has 7 nitrogen and oxygen atoms in total. The minimum atomic E-state index is -0.703. The van der Waals surface area contributed by atoms with Crippen LogP contribution in [0.4, 0.5) is 11.4 Å². The first-order valence-corrected chi connectivity index (χ1v) is 15.1. The molecule has 0 heterocycles. The molecule has 228 valence electrons. The summed E-state index contributed by atoms with van der Waals surface area (Å²) in [6.45, 7) is 3.08. The molecule has 0 saturated carbocycles. The number of hydrogen-bond donors (Lipinski definition) is 2. The average molecular weight is 593 g/mol. The lowest BCUT2D eigenvalue weighted by Gasteiger charge is -2.20. The van der Waals surface area contributed by atoms with Gasteiger partial charge in [0.1, 0.15) is 18.4 Å². The number of hydrogen-bond acceptors (Lipinski definition) is 7. The number of ketones is 2. The number of Topliss-reactive ketones (excluding diaryl/α,β-unsaturated/α-hetero) is 1. The number of carbonyl (C=O) groups excluding carboxylic acids is 3. The fourth-order valence-electron chi connectivity index (χ4n) is 4.94. The van der Waals surface area contributed by atoms with Crippen molar-refractivity contribution in [2.45, 2.75) is 45.1 Å². The lowest BCUT2D eigenvalue weighted by atomic mass is 10.00. The van der Waals surface area contributed by atoms with E-state index < -0.39 is 12.0 Å². The number of anilines is 2. The molecular formula is C37H40N2O5.